The van der Waals surface area contributed by atoms with E-state index in [1.54, 1.807) is 0 Å². The maximum atomic E-state index is 13.4. The molecule has 0 radical (unpaired) electrons. The minimum absolute atomic E-state index is 0.0667. The summed E-state index contributed by atoms with van der Waals surface area (Å²) in [5, 5.41) is 0. The highest BCUT2D eigenvalue weighted by Crippen LogP contribution is 2.44. The van der Waals surface area contributed by atoms with Gasteiger partial charge in [-0.15, -0.1) is 0 Å². The van der Waals surface area contributed by atoms with E-state index in [2.05, 4.69) is 29.2 Å². The van der Waals surface area contributed by atoms with Crippen LogP contribution in [0.5, 0.6) is 0 Å². The number of carbonyl (C=O) groups excluding carboxylic acids is 1. The van der Waals surface area contributed by atoms with Crippen LogP contribution in [0.25, 0.3) is 0 Å². The molecule has 2 aliphatic rings. The van der Waals surface area contributed by atoms with Crippen LogP contribution in [0, 0.1) is 11.2 Å². The number of nitrogens with zero attached hydrogens (tertiary/aromatic N) is 2. The normalized spacial score (nSPS) is 24.1. The highest BCUT2D eigenvalue weighted by molar-refractivity contribution is 5.69. The molecule has 0 bridgehead atoms. The fourth-order valence-electron chi connectivity index (χ4n) is 5.07. The molecule has 166 valence electrons. The van der Waals surface area contributed by atoms with Crippen LogP contribution in [0.3, 0.4) is 0 Å². The molecule has 0 N–H and O–H groups in total. The standard InChI is InChI=1S/C26H33FN2O2/c1-25(2,3)31-24(30)29-19-26(16-23(29)15-20-9-11-22(27)12-10-20)13-14-28(18-26)17-21-7-5-4-6-8-21/h4-12,23H,13-19H2,1-3H3. The van der Waals surface area contributed by atoms with Gasteiger partial charge in [-0.1, -0.05) is 42.5 Å². The SMILES string of the molecule is CC(C)(C)OC(=O)N1CC2(CCN(Cc3ccccc3)C2)CC1Cc1ccc(F)cc1. The lowest BCUT2D eigenvalue weighted by atomic mass is 9.83. The molecule has 2 aromatic rings. The second kappa shape index (κ2) is 8.62. The number of benzene rings is 2. The summed E-state index contributed by atoms with van der Waals surface area (Å²) in [7, 11) is 0. The molecule has 4 rings (SSSR count). The molecule has 1 spiro atoms. The molecular formula is C26H33FN2O2. The minimum atomic E-state index is -0.526. The molecule has 0 aliphatic carbocycles. The van der Waals surface area contributed by atoms with Gasteiger partial charge in [-0.3, -0.25) is 4.90 Å². The van der Waals surface area contributed by atoms with Crippen molar-refractivity contribution in [1.29, 1.82) is 0 Å². The summed E-state index contributed by atoms with van der Waals surface area (Å²) >= 11 is 0. The van der Waals surface area contributed by atoms with Gasteiger partial charge in [0.2, 0.25) is 0 Å². The van der Waals surface area contributed by atoms with E-state index in [1.165, 1.54) is 17.7 Å². The molecule has 2 aromatic carbocycles. The zero-order chi connectivity index (χ0) is 22.1. The number of likely N-dealkylation sites (tertiary alicyclic amines) is 2. The van der Waals surface area contributed by atoms with Crippen molar-refractivity contribution in [3.8, 4) is 0 Å². The number of rotatable bonds is 4. The molecule has 1 amide bonds. The first-order valence-electron chi connectivity index (χ1n) is 11.2. The molecule has 0 saturated carbocycles. The van der Waals surface area contributed by atoms with Crippen molar-refractivity contribution in [2.45, 2.75) is 58.2 Å². The third-order valence-electron chi connectivity index (χ3n) is 6.39. The van der Waals surface area contributed by atoms with Crippen LogP contribution in [0.15, 0.2) is 54.6 Å². The lowest BCUT2D eigenvalue weighted by Gasteiger charge is -2.29. The fourth-order valence-corrected chi connectivity index (χ4v) is 5.07. The van der Waals surface area contributed by atoms with Gasteiger partial charge in [-0.2, -0.15) is 0 Å². The van der Waals surface area contributed by atoms with Gasteiger partial charge in [0.15, 0.2) is 0 Å². The first-order chi connectivity index (χ1) is 14.7. The minimum Gasteiger partial charge on any atom is -0.444 e. The zero-order valence-corrected chi connectivity index (χ0v) is 18.8. The Morgan fingerprint density at radius 2 is 1.77 bits per heavy atom. The summed E-state index contributed by atoms with van der Waals surface area (Å²) in [4.78, 5) is 17.5. The van der Waals surface area contributed by atoms with Crippen LogP contribution in [0.2, 0.25) is 0 Å². The van der Waals surface area contributed by atoms with E-state index >= 15 is 0 Å². The highest BCUT2D eigenvalue weighted by Gasteiger charge is 2.50. The Hall–Kier alpha value is -2.40. The average Bonchev–Trinajstić information content (AvgIpc) is 3.26. The molecular weight excluding hydrogens is 391 g/mol. The summed E-state index contributed by atoms with van der Waals surface area (Å²) in [6.45, 7) is 9.41. The quantitative estimate of drug-likeness (QED) is 0.670. The molecule has 2 aliphatic heterocycles. The third-order valence-corrected chi connectivity index (χ3v) is 6.39. The van der Waals surface area contributed by atoms with Gasteiger partial charge in [0, 0.05) is 31.1 Å². The Bertz CT molecular complexity index is 894. The van der Waals surface area contributed by atoms with E-state index in [0.717, 1.165) is 51.0 Å². The smallest absolute Gasteiger partial charge is 0.410 e. The topological polar surface area (TPSA) is 32.8 Å². The number of halogens is 1. The van der Waals surface area contributed by atoms with Gasteiger partial charge >= 0.3 is 6.09 Å². The molecule has 2 saturated heterocycles. The predicted octanol–water partition coefficient (Wildman–Crippen LogP) is 5.27. The van der Waals surface area contributed by atoms with Gasteiger partial charge in [-0.05, 0) is 69.8 Å². The van der Waals surface area contributed by atoms with E-state index in [1.807, 2.05) is 43.9 Å². The monoisotopic (exact) mass is 424 g/mol. The predicted molar refractivity (Wildman–Crippen MR) is 120 cm³/mol. The van der Waals surface area contributed by atoms with Gasteiger partial charge in [-0.25, -0.2) is 9.18 Å². The second-order valence-electron chi connectivity index (χ2n) is 10.2. The van der Waals surface area contributed by atoms with Crippen LogP contribution >= 0.6 is 0 Å². The number of carbonyl (C=O) groups is 1. The molecule has 4 nitrogen and oxygen atoms in total. The summed E-state index contributed by atoms with van der Waals surface area (Å²) in [6, 6.07) is 17.3. The number of hydrogen-bond acceptors (Lipinski definition) is 3. The highest BCUT2D eigenvalue weighted by atomic mass is 19.1. The molecule has 5 heteroatoms. The van der Waals surface area contributed by atoms with Crippen LogP contribution in [-0.2, 0) is 17.7 Å². The summed E-state index contributed by atoms with van der Waals surface area (Å²) < 4.78 is 19.1. The van der Waals surface area contributed by atoms with Crippen molar-refractivity contribution in [3.63, 3.8) is 0 Å². The van der Waals surface area contributed by atoms with Crippen molar-refractivity contribution < 1.29 is 13.9 Å². The van der Waals surface area contributed by atoms with Gasteiger partial charge in [0.05, 0.1) is 0 Å². The second-order valence-corrected chi connectivity index (χ2v) is 10.2. The van der Waals surface area contributed by atoms with Crippen LogP contribution in [-0.4, -0.2) is 47.2 Å². The molecule has 31 heavy (non-hydrogen) atoms. The fraction of sp³-hybridized carbons (Fsp3) is 0.500. The van der Waals surface area contributed by atoms with Gasteiger partial charge in [0.1, 0.15) is 11.4 Å². The molecule has 2 heterocycles. The maximum Gasteiger partial charge on any atom is 0.410 e. The van der Waals surface area contributed by atoms with Crippen molar-refractivity contribution in [2.75, 3.05) is 19.6 Å². The van der Waals surface area contributed by atoms with Gasteiger partial charge < -0.3 is 9.64 Å². The molecule has 2 atom stereocenters. The Balaban J connectivity index is 1.49. The molecule has 2 fully saturated rings. The largest absolute Gasteiger partial charge is 0.444 e. The number of hydrogen-bond donors (Lipinski definition) is 0. The van der Waals surface area contributed by atoms with E-state index in [0.29, 0.717) is 0 Å². The van der Waals surface area contributed by atoms with Crippen LogP contribution < -0.4 is 0 Å². The van der Waals surface area contributed by atoms with Crippen molar-refractivity contribution in [3.05, 3.63) is 71.5 Å². The molecule has 2 unspecified atom stereocenters. The average molecular weight is 425 g/mol. The summed E-state index contributed by atoms with van der Waals surface area (Å²) in [5.41, 5.74) is 1.94. The van der Waals surface area contributed by atoms with Crippen LogP contribution in [0.4, 0.5) is 9.18 Å². The van der Waals surface area contributed by atoms with Crippen molar-refractivity contribution in [2.24, 2.45) is 5.41 Å². The molecule has 0 aromatic heterocycles. The Morgan fingerprint density at radius 3 is 2.45 bits per heavy atom. The van der Waals surface area contributed by atoms with E-state index in [9.17, 15) is 9.18 Å². The summed E-state index contributed by atoms with van der Waals surface area (Å²) in [5.74, 6) is -0.233. The Kier molecular flexibility index (Phi) is 6.07. The lowest BCUT2D eigenvalue weighted by Crippen LogP contribution is -2.41. The Morgan fingerprint density at radius 1 is 1.06 bits per heavy atom. The third kappa shape index (κ3) is 5.45. The lowest BCUT2D eigenvalue weighted by molar-refractivity contribution is 0.0211. The number of amides is 1. The van der Waals surface area contributed by atoms with E-state index in [-0.39, 0.29) is 23.4 Å². The van der Waals surface area contributed by atoms with E-state index in [4.69, 9.17) is 4.74 Å². The van der Waals surface area contributed by atoms with Crippen molar-refractivity contribution in [1.82, 2.24) is 9.80 Å². The van der Waals surface area contributed by atoms with Gasteiger partial charge in [0.25, 0.3) is 0 Å². The van der Waals surface area contributed by atoms with Crippen molar-refractivity contribution >= 4 is 6.09 Å². The number of ether oxygens (including phenoxy) is 1. The first kappa shape index (κ1) is 21.8. The van der Waals surface area contributed by atoms with Crippen LogP contribution in [0.1, 0.15) is 44.7 Å². The van der Waals surface area contributed by atoms with E-state index < -0.39 is 5.60 Å². The maximum absolute atomic E-state index is 13.4. The Labute approximate surface area is 185 Å². The zero-order valence-electron chi connectivity index (χ0n) is 18.8. The summed E-state index contributed by atoms with van der Waals surface area (Å²) in [6.07, 6.45) is 2.52. The first-order valence-corrected chi connectivity index (χ1v) is 11.2.